The van der Waals surface area contributed by atoms with Crippen molar-refractivity contribution in [1.82, 2.24) is 0 Å². The van der Waals surface area contributed by atoms with Crippen molar-refractivity contribution in [2.24, 2.45) is 5.41 Å². The van der Waals surface area contributed by atoms with Gasteiger partial charge in [0.1, 0.15) is 0 Å². The van der Waals surface area contributed by atoms with E-state index in [9.17, 15) is 4.79 Å². The highest BCUT2D eigenvalue weighted by molar-refractivity contribution is 9.10. The molecule has 3 heteroatoms. The highest BCUT2D eigenvalue weighted by Gasteiger charge is 2.32. The summed E-state index contributed by atoms with van der Waals surface area (Å²) in [5.41, 5.74) is 0.392. The average Bonchev–Trinajstić information content (AvgIpc) is 2.32. The Kier molecular flexibility index (Phi) is 4.94. The lowest BCUT2D eigenvalue weighted by molar-refractivity contribution is -0.151. The van der Waals surface area contributed by atoms with Gasteiger partial charge in [-0.1, -0.05) is 40.2 Å². The normalized spacial score (nSPS) is 13.8. The first-order chi connectivity index (χ1) is 8.03. The van der Waals surface area contributed by atoms with Gasteiger partial charge in [-0.15, -0.1) is 6.58 Å². The Labute approximate surface area is 111 Å². The van der Waals surface area contributed by atoms with Gasteiger partial charge in [0.15, 0.2) is 0 Å². The molecule has 0 saturated heterocycles. The van der Waals surface area contributed by atoms with E-state index < -0.39 is 5.41 Å². The molecule has 2 nitrogen and oxygen atoms in total. The summed E-state index contributed by atoms with van der Waals surface area (Å²) in [6.07, 6.45) is 2.24. The molecule has 0 aromatic heterocycles. The van der Waals surface area contributed by atoms with Crippen molar-refractivity contribution in [3.8, 4) is 0 Å². The Hall–Kier alpha value is -1.09. The summed E-state index contributed by atoms with van der Waals surface area (Å²) < 4.78 is 6.08. The maximum absolute atomic E-state index is 11.9. The van der Waals surface area contributed by atoms with E-state index in [4.69, 9.17) is 4.74 Å². The molecule has 1 atom stereocenters. The second-order valence-corrected chi connectivity index (χ2v) is 4.96. The monoisotopic (exact) mass is 296 g/mol. The maximum atomic E-state index is 11.9. The largest absolute Gasteiger partial charge is 0.465 e. The summed E-state index contributed by atoms with van der Waals surface area (Å²) in [4.78, 5) is 11.9. The van der Waals surface area contributed by atoms with Gasteiger partial charge < -0.3 is 4.74 Å². The Morgan fingerprint density at radius 2 is 2.18 bits per heavy atom. The van der Waals surface area contributed by atoms with Crippen LogP contribution in [0, 0.1) is 5.41 Å². The first kappa shape index (κ1) is 14.0. The van der Waals surface area contributed by atoms with E-state index >= 15 is 0 Å². The molecule has 0 saturated carbocycles. The maximum Gasteiger partial charge on any atom is 0.315 e. The van der Waals surface area contributed by atoms with E-state index in [1.54, 1.807) is 13.0 Å². The first-order valence-electron chi connectivity index (χ1n) is 5.57. The summed E-state index contributed by atoms with van der Waals surface area (Å²) in [5, 5.41) is 0. The number of carbonyl (C=O) groups excluding carboxylic acids is 1. The zero-order valence-corrected chi connectivity index (χ0v) is 11.8. The molecule has 0 bridgehead atoms. The van der Waals surface area contributed by atoms with E-state index in [0.29, 0.717) is 13.0 Å². The lowest BCUT2D eigenvalue weighted by atomic mass is 9.84. The summed E-state index contributed by atoms with van der Waals surface area (Å²) >= 11 is 3.48. The molecule has 0 N–H and O–H groups in total. The molecular weight excluding hydrogens is 280 g/mol. The number of carbonyl (C=O) groups is 1. The fraction of sp³-hybridized carbons (Fsp3) is 0.357. The van der Waals surface area contributed by atoms with Crippen molar-refractivity contribution < 1.29 is 9.53 Å². The quantitative estimate of drug-likeness (QED) is 0.611. The van der Waals surface area contributed by atoms with E-state index in [-0.39, 0.29) is 5.97 Å². The number of halogens is 1. The molecular formula is C14H17BrO2. The van der Waals surface area contributed by atoms with Gasteiger partial charge in [-0.25, -0.2) is 0 Å². The molecule has 0 fully saturated rings. The van der Waals surface area contributed by atoms with Crippen LogP contribution < -0.4 is 0 Å². The van der Waals surface area contributed by atoms with Gasteiger partial charge in [0.25, 0.3) is 0 Å². The van der Waals surface area contributed by atoms with Gasteiger partial charge in [-0.2, -0.15) is 0 Å². The van der Waals surface area contributed by atoms with E-state index in [1.807, 2.05) is 31.2 Å². The molecule has 1 rings (SSSR count). The fourth-order valence-corrected chi connectivity index (χ4v) is 1.99. The van der Waals surface area contributed by atoms with Crippen molar-refractivity contribution in [3.05, 3.63) is 47.0 Å². The van der Waals surface area contributed by atoms with Gasteiger partial charge >= 0.3 is 5.97 Å². The standard InChI is InChI=1S/C14H17BrO2/c1-4-14(3,13(16)17-5-2)10-11-8-6-7-9-12(11)15/h4,6-9H,1,5,10H2,2-3H3. The fourth-order valence-electron chi connectivity index (χ4n) is 1.56. The van der Waals surface area contributed by atoms with E-state index in [0.717, 1.165) is 10.0 Å². The van der Waals surface area contributed by atoms with Gasteiger partial charge in [-0.05, 0) is 31.9 Å². The van der Waals surface area contributed by atoms with Crippen molar-refractivity contribution in [2.45, 2.75) is 20.3 Å². The van der Waals surface area contributed by atoms with Crippen LogP contribution in [0.2, 0.25) is 0 Å². The van der Waals surface area contributed by atoms with Crippen LogP contribution in [-0.4, -0.2) is 12.6 Å². The SMILES string of the molecule is C=CC(C)(Cc1ccccc1Br)C(=O)OCC. The predicted molar refractivity (Wildman–Crippen MR) is 72.8 cm³/mol. The topological polar surface area (TPSA) is 26.3 Å². The third-order valence-electron chi connectivity index (χ3n) is 2.71. The zero-order chi connectivity index (χ0) is 12.9. The minimum absolute atomic E-state index is 0.231. The van der Waals surface area contributed by atoms with Crippen molar-refractivity contribution in [1.29, 1.82) is 0 Å². The Balaban J connectivity index is 2.93. The van der Waals surface area contributed by atoms with Crippen LogP contribution in [0.5, 0.6) is 0 Å². The molecule has 0 heterocycles. The van der Waals surface area contributed by atoms with Crippen LogP contribution >= 0.6 is 15.9 Å². The molecule has 0 aliphatic rings. The minimum Gasteiger partial charge on any atom is -0.465 e. The van der Waals surface area contributed by atoms with Crippen molar-refractivity contribution in [2.75, 3.05) is 6.61 Å². The Bertz CT molecular complexity index is 414. The average molecular weight is 297 g/mol. The van der Waals surface area contributed by atoms with Gasteiger partial charge in [0, 0.05) is 4.47 Å². The highest BCUT2D eigenvalue weighted by Crippen LogP contribution is 2.29. The van der Waals surface area contributed by atoms with Gasteiger partial charge in [0.05, 0.1) is 12.0 Å². The summed E-state index contributed by atoms with van der Waals surface area (Å²) in [6, 6.07) is 7.85. The number of hydrogen-bond acceptors (Lipinski definition) is 2. The second kappa shape index (κ2) is 6.01. The van der Waals surface area contributed by atoms with Crippen LogP contribution in [-0.2, 0) is 16.0 Å². The van der Waals surface area contributed by atoms with Crippen LogP contribution in [0.3, 0.4) is 0 Å². The van der Waals surface area contributed by atoms with Crippen molar-refractivity contribution in [3.63, 3.8) is 0 Å². The molecule has 17 heavy (non-hydrogen) atoms. The number of rotatable bonds is 5. The molecule has 92 valence electrons. The molecule has 0 aliphatic heterocycles. The van der Waals surface area contributed by atoms with E-state index in [1.165, 1.54) is 0 Å². The first-order valence-corrected chi connectivity index (χ1v) is 6.37. The predicted octanol–water partition coefficient (Wildman–Crippen LogP) is 3.75. The molecule has 0 radical (unpaired) electrons. The highest BCUT2D eigenvalue weighted by atomic mass is 79.9. The third-order valence-corrected chi connectivity index (χ3v) is 3.48. The number of benzene rings is 1. The van der Waals surface area contributed by atoms with Gasteiger partial charge in [-0.3, -0.25) is 4.79 Å². The van der Waals surface area contributed by atoms with Crippen LogP contribution in [0.4, 0.5) is 0 Å². The molecule has 0 aliphatic carbocycles. The van der Waals surface area contributed by atoms with Gasteiger partial charge in [0.2, 0.25) is 0 Å². The Morgan fingerprint density at radius 1 is 1.53 bits per heavy atom. The molecule has 1 unspecified atom stereocenters. The van der Waals surface area contributed by atoms with Crippen molar-refractivity contribution >= 4 is 21.9 Å². The molecule has 0 spiro atoms. The minimum atomic E-state index is -0.681. The lowest BCUT2D eigenvalue weighted by Gasteiger charge is -2.23. The van der Waals surface area contributed by atoms with E-state index in [2.05, 4.69) is 22.5 Å². The van der Waals surface area contributed by atoms with Crippen LogP contribution in [0.25, 0.3) is 0 Å². The smallest absolute Gasteiger partial charge is 0.315 e. The zero-order valence-electron chi connectivity index (χ0n) is 10.2. The molecule has 0 amide bonds. The molecule has 1 aromatic rings. The summed E-state index contributed by atoms with van der Waals surface area (Å²) in [6.45, 7) is 7.78. The van der Waals surface area contributed by atoms with Crippen LogP contribution in [0.15, 0.2) is 41.4 Å². The lowest BCUT2D eigenvalue weighted by Crippen LogP contribution is -2.30. The number of hydrogen-bond donors (Lipinski definition) is 0. The number of ether oxygens (including phenoxy) is 1. The third kappa shape index (κ3) is 3.43. The Morgan fingerprint density at radius 3 is 2.71 bits per heavy atom. The molecule has 1 aromatic carbocycles. The number of esters is 1. The second-order valence-electron chi connectivity index (χ2n) is 4.11. The summed E-state index contributed by atoms with van der Waals surface area (Å²) in [7, 11) is 0. The van der Waals surface area contributed by atoms with Crippen LogP contribution in [0.1, 0.15) is 19.4 Å². The summed E-state index contributed by atoms with van der Waals surface area (Å²) in [5.74, 6) is -0.231.